The molecule has 122 valence electrons. The number of nitrogens with one attached hydrogen (secondary N) is 1. The van der Waals surface area contributed by atoms with Crippen LogP contribution in [0.1, 0.15) is 10.4 Å². The first-order valence-corrected chi connectivity index (χ1v) is 8.21. The van der Waals surface area contributed by atoms with Crippen LogP contribution in [0.3, 0.4) is 0 Å². The fourth-order valence-electron chi connectivity index (χ4n) is 2.50. The van der Waals surface area contributed by atoms with Crippen LogP contribution in [-0.4, -0.2) is 31.2 Å². The number of hydrogen-bond acceptors (Lipinski definition) is 6. The molecule has 2 aromatic carbocycles. The first-order valence-electron chi connectivity index (χ1n) is 7.39. The second kappa shape index (κ2) is 6.01. The van der Waals surface area contributed by atoms with Crippen molar-refractivity contribution in [3.63, 3.8) is 0 Å². The van der Waals surface area contributed by atoms with Gasteiger partial charge in [0.05, 0.1) is 17.3 Å². The van der Waals surface area contributed by atoms with Crippen LogP contribution >= 0.6 is 11.3 Å². The fraction of sp³-hybridized carbons (Fsp3) is 0.176. The molecule has 1 aliphatic rings. The zero-order valence-electron chi connectivity index (χ0n) is 12.9. The summed E-state index contributed by atoms with van der Waals surface area (Å²) < 4.78 is 17.4. The highest BCUT2D eigenvalue weighted by atomic mass is 32.1. The van der Waals surface area contributed by atoms with E-state index < -0.39 is 0 Å². The van der Waals surface area contributed by atoms with Crippen molar-refractivity contribution in [2.45, 2.75) is 0 Å². The van der Waals surface area contributed by atoms with Gasteiger partial charge in [-0.25, -0.2) is 4.98 Å². The largest absolute Gasteiger partial charge is 0.493 e. The minimum atomic E-state index is -0.274. The molecule has 1 N–H and O–H groups in total. The fourth-order valence-corrected chi connectivity index (χ4v) is 3.36. The van der Waals surface area contributed by atoms with Crippen molar-refractivity contribution >= 4 is 32.6 Å². The Balaban J connectivity index is 1.64. The van der Waals surface area contributed by atoms with Crippen LogP contribution < -0.4 is 19.5 Å². The van der Waals surface area contributed by atoms with Gasteiger partial charge in [0.25, 0.3) is 5.91 Å². The van der Waals surface area contributed by atoms with Crippen LogP contribution in [0.2, 0.25) is 0 Å². The molecule has 0 atom stereocenters. The quantitative estimate of drug-likeness (QED) is 0.791. The summed E-state index contributed by atoms with van der Waals surface area (Å²) in [7, 11) is 1.53. The van der Waals surface area contributed by atoms with E-state index in [2.05, 4.69) is 10.3 Å². The maximum atomic E-state index is 12.5. The number of fused-ring (bicyclic) bond motifs is 2. The Kier molecular flexibility index (Phi) is 3.70. The van der Waals surface area contributed by atoms with E-state index in [0.29, 0.717) is 41.2 Å². The molecule has 4 rings (SSSR count). The van der Waals surface area contributed by atoms with Crippen LogP contribution in [0.15, 0.2) is 36.4 Å². The molecule has 0 radical (unpaired) electrons. The number of amides is 1. The summed E-state index contributed by atoms with van der Waals surface area (Å²) in [6, 6.07) is 11.0. The Hall–Kier alpha value is -2.80. The number of rotatable bonds is 3. The molecule has 0 unspecified atom stereocenters. The Labute approximate surface area is 142 Å². The lowest BCUT2D eigenvalue weighted by Crippen LogP contribution is -2.18. The molecule has 1 aromatic heterocycles. The maximum Gasteiger partial charge on any atom is 0.257 e. The van der Waals surface area contributed by atoms with Gasteiger partial charge < -0.3 is 14.2 Å². The van der Waals surface area contributed by atoms with E-state index in [1.54, 1.807) is 12.1 Å². The van der Waals surface area contributed by atoms with Gasteiger partial charge in [-0.1, -0.05) is 23.5 Å². The molecule has 0 saturated heterocycles. The van der Waals surface area contributed by atoms with Crippen molar-refractivity contribution in [2.24, 2.45) is 0 Å². The molecule has 0 fully saturated rings. The van der Waals surface area contributed by atoms with Crippen molar-refractivity contribution in [3.05, 3.63) is 42.0 Å². The highest BCUT2D eigenvalue weighted by Gasteiger charge is 2.21. The number of carbonyl (C=O) groups is 1. The van der Waals surface area contributed by atoms with Crippen molar-refractivity contribution < 1.29 is 19.0 Å². The van der Waals surface area contributed by atoms with E-state index in [9.17, 15) is 4.79 Å². The number of nitrogens with zero attached hydrogens (tertiary/aromatic N) is 1. The number of ether oxygens (including phenoxy) is 3. The summed E-state index contributed by atoms with van der Waals surface area (Å²) in [6.07, 6.45) is 0. The maximum absolute atomic E-state index is 12.5. The molecule has 7 heteroatoms. The van der Waals surface area contributed by atoms with Crippen LogP contribution in [0.25, 0.3) is 10.2 Å². The molecule has 0 saturated carbocycles. The normalized spacial score (nSPS) is 12.9. The summed E-state index contributed by atoms with van der Waals surface area (Å²) in [5.74, 6) is 1.24. The highest BCUT2D eigenvalue weighted by molar-refractivity contribution is 7.22. The average molecular weight is 342 g/mol. The second-order valence-corrected chi connectivity index (χ2v) is 6.17. The van der Waals surface area contributed by atoms with Gasteiger partial charge in [-0.3, -0.25) is 10.1 Å². The van der Waals surface area contributed by atoms with Gasteiger partial charge in [0, 0.05) is 5.56 Å². The van der Waals surface area contributed by atoms with E-state index in [1.807, 2.05) is 24.3 Å². The Morgan fingerprint density at radius 3 is 2.92 bits per heavy atom. The predicted molar refractivity (Wildman–Crippen MR) is 91.6 cm³/mol. The van der Waals surface area contributed by atoms with E-state index in [1.165, 1.54) is 18.4 Å². The monoisotopic (exact) mass is 342 g/mol. The van der Waals surface area contributed by atoms with E-state index >= 15 is 0 Å². The molecule has 3 aromatic rings. The van der Waals surface area contributed by atoms with Gasteiger partial charge in [0.1, 0.15) is 13.2 Å². The van der Waals surface area contributed by atoms with Gasteiger partial charge in [-0.05, 0) is 24.3 Å². The molecule has 6 nitrogen and oxygen atoms in total. The standard InChI is InChI=1S/C17H14N2O4S/c1-21-12-8-10(9-13-15(12)23-7-6-22-13)16(20)19-17-18-11-4-2-3-5-14(11)24-17/h2-5,8-9H,6-7H2,1H3,(H,18,19,20). The number of anilines is 1. The van der Waals surface area contributed by atoms with Crippen molar-refractivity contribution in [1.82, 2.24) is 4.98 Å². The lowest BCUT2D eigenvalue weighted by Gasteiger charge is -2.21. The number of benzene rings is 2. The lowest BCUT2D eigenvalue weighted by atomic mass is 10.1. The summed E-state index contributed by atoms with van der Waals surface area (Å²) in [5.41, 5.74) is 1.29. The molecule has 24 heavy (non-hydrogen) atoms. The van der Waals surface area contributed by atoms with Crippen molar-refractivity contribution in [3.8, 4) is 17.2 Å². The second-order valence-electron chi connectivity index (χ2n) is 5.14. The minimum Gasteiger partial charge on any atom is -0.493 e. The third-order valence-electron chi connectivity index (χ3n) is 3.60. The predicted octanol–water partition coefficient (Wildman–Crippen LogP) is 3.33. The molecule has 0 aliphatic carbocycles. The molecular weight excluding hydrogens is 328 g/mol. The summed E-state index contributed by atoms with van der Waals surface area (Å²) in [4.78, 5) is 17.0. The molecule has 2 heterocycles. The average Bonchev–Trinajstić information content (AvgIpc) is 3.02. The minimum absolute atomic E-state index is 0.274. The number of methoxy groups -OCH3 is 1. The van der Waals surface area contributed by atoms with Crippen LogP contribution in [0.4, 0.5) is 5.13 Å². The van der Waals surface area contributed by atoms with Gasteiger partial charge in [0.2, 0.25) is 5.75 Å². The highest BCUT2D eigenvalue weighted by Crippen LogP contribution is 2.40. The van der Waals surface area contributed by atoms with E-state index in [4.69, 9.17) is 14.2 Å². The number of aromatic nitrogens is 1. The smallest absolute Gasteiger partial charge is 0.257 e. The molecule has 0 bridgehead atoms. The number of thiazole rings is 1. The van der Waals surface area contributed by atoms with Gasteiger partial charge in [-0.15, -0.1) is 0 Å². The molecule has 0 spiro atoms. The van der Waals surface area contributed by atoms with Gasteiger partial charge in [-0.2, -0.15) is 0 Å². The summed E-state index contributed by atoms with van der Waals surface area (Å²) in [6.45, 7) is 0.902. The zero-order valence-corrected chi connectivity index (χ0v) is 13.7. The Morgan fingerprint density at radius 2 is 2.08 bits per heavy atom. The third kappa shape index (κ3) is 2.63. The number of carbonyl (C=O) groups excluding carboxylic acids is 1. The Morgan fingerprint density at radius 1 is 1.25 bits per heavy atom. The first-order chi connectivity index (χ1) is 11.7. The summed E-state index contributed by atoms with van der Waals surface area (Å²) >= 11 is 1.43. The van der Waals surface area contributed by atoms with Crippen molar-refractivity contribution in [2.75, 3.05) is 25.6 Å². The number of hydrogen-bond donors (Lipinski definition) is 1. The zero-order chi connectivity index (χ0) is 16.5. The number of para-hydroxylation sites is 1. The SMILES string of the molecule is COc1cc(C(=O)Nc2nc3ccccc3s2)cc2c1OCCO2. The first kappa shape index (κ1) is 14.8. The Bertz CT molecular complexity index is 872. The van der Waals surface area contributed by atoms with E-state index in [-0.39, 0.29) is 5.91 Å². The van der Waals surface area contributed by atoms with Crippen LogP contribution in [0.5, 0.6) is 17.2 Å². The third-order valence-corrected chi connectivity index (χ3v) is 4.56. The van der Waals surface area contributed by atoms with Crippen molar-refractivity contribution in [1.29, 1.82) is 0 Å². The van der Waals surface area contributed by atoms with E-state index in [0.717, 1.165) is 10.2 Å². The van der Waals surface area contributed by atoms with Gasteiger partial charge in [0.15, 0.2) is 16.6 Å². The topological polar surface area (TPSA) is 69.7 Å². The molecule has 1 amide bonds. The summed E-state index contributed by atoms with van der Waals surface area (Å²) in [5, 5.41) is 3.37. The molecular formula is C17H14N2O4S. The van der Waals surface area contributed by atoms with Gasteiger partial charge >= 0.3 is 0 Å². The van der Waals surface area contributed by atoms with Crippen LogP contribution in [0, 0.1) is 0 Å². The van der Waals surface area contributed by atoms with Crippen LogP contribution in [-0.2, 0) is 0 Å². The lowest BCUT2D eigenvalue weighted by molar-refractivity contribution is 0.102. The molecule has 1 aliphatic heterocycles.